The van der Waals surface area contributed by atoms with Gasteiger partial charge in [0.2, 0.25) is 0 Å². The van der Waals surface area contributed by atoms with E-state index in [1.54, 1.807) is 6.92 Å². The second-order valence-corrected chi connectivity index (χ2v) is 8.22. The van der Waals surface area contributed by atoms with E-state index in [2.05, 4.69) is 17.9 Å². The molecule has 1 aromatic carbocycles. The van der Waals surface area contributed by atoms with Crippen molar-refractivity contribution in [2.75, 3.05) is 44.4 Å². The number of carbonyl (C=O) groups excluding carboxylic acids is 1. The molecule has 0 spiro atoms. The highest BCUT2D eigenvalue weighted by atomic mass is 16.5. The Kier molecular flexibility index (Phi) is 9.76. The van der Waals surface area contributed by atoms with Gasteiger partial charge in [0.15, 0.2) is 0 Å². The molecule has 0 N–H and O–H groups in total. The van der Waals surface area contributed by atoms with E-state index in [9.17, 15) is 4.79 Å². The zero-order chi connectivity index (χ0) is 23.5. The number of rotatable bonds is 12. The molecule has 1 fully saturated rings. The van der Waals surface area contributed by atoms with Gasteiger partial charge in [-0.1, -0.05) is 25.5 Å². The number of carbonyl (C=O) groups is 1. The predicted molar refractivity (Wildman–Crippen MR) is 133 cm³/mol. The number of anilines is 1. The summed E-state index contributed by atoms with van der Waals surface area (Å²) in [5, 5.41) is 0. The molecule has 0 aliphatic carbocycles. The zero-order valence-corrected chi connectivity index (χ0v) is 20.1. The average molecular weight is 453 g/mol. The maximum absolute atomic E-state index is 12.2. The summed E-state index contributed by atoms with van der Waals surface area (Å²) >= 11 is 0. The van der Waals surface area contributed by atoms with Crippen LogP contribution >= 0.6 is 0 Å². The highest BCUT2D eigenvalue weighted by molar-refractivity contribution is 5.94. The van der Waals surface area contributed by atoms with Crippen LogP contribution in [0.25, 0.3) is 17.2 Å². The summed E-state index contributed by atoms with van der Waals surface area (Å²) in [5.41, 5.74) is 3.55. The number of hydrogen-bond acceptors (Lipinski definition) is 6. The fraction of sp³-hybridized carbons (Fsp3) is 0.481. The molecule has 0 unspecified atom stereocenters. The van der Waals surface area contributed by atoms with Crippen LogP contribution in [0.15, 0.2) is 42.1 Å². The standard InChI is InChI=1S/C27H36N2O4/c1-4-6-15-31-16-17-33-25-11-9-22(10-12-25)24-19-23(18-21(3)27(30)32-5-2)26(28-20-24)29-13-7-8-14-29/h9-12,18-20H,4-8,13-17H2,1-3H3/b21-18+. The Morgan fingerprint density at radius 1 is 1.06 bits per heavy atom. The molecule has 1 aliphatic heterocycles. The fourth-order valence-corrected chi connectivity index (χ4v) is 3.78. The quantitative estimate of drug-likeness (QED) is 0.240. The van der Waals surface area contributed by atoms with Crippen LogP contribution in [0.3, 0.4) is 0 Å². The molecule has 6 heteroatoms. The van der Waals surface area contributed by atoms with Crippen LogP contribution in [-0.4, -0.2) is 50.5 Å². The van der Waals surface area contributed by atoms with Gasteiger partial charge in [-0.3, -0.25) is 0 Å². The lowest BCUT2D eigenvalue weighted by Crippen LogP contribution is -2.20. The third-order valence-electron chi connectivity index (χ3n) is 5.60. The van der Waals surface area contributed by atoms with Gasteiger partial charge < -0.3 is 19.1 Å². The van der Waals surface area contributed by atoms with Crippen molar-refractivity contribution in [2.24, 2.45) is 0 Å². The van der Waals surface area contributed by atoms with Crippen LogP contribution in [0.5, 0.6) is 5.75 Å². The van der Waals surface area contributed by atoms with Gasteiger partial charge in [0.1, 0.15) is 18.2 Å². The molecule has 6 nitrogen and oxygen atoms in total. The topological polar surface area (TPSA) is 60.9 Å². The highest BCUT2D eigenvalue weighted by Gasteiger charge is 2.18. The summed E-state index contributed by atoms with van der Waals surface area (Å²) in [6, 6.07) is 10.1. The Labute approximate surface area is 197 Å². The Morgan fingerprint density at radius 3 is 2.52 bits per heavy atom. The van der Waals surface area contributed by atoms with E-state index in [1.165, 1.54) is 0 Å². The van der Waals surface area contributed by atoms with Gasteiger partial charge >= 0.3 is 5.97 Å². The van der Waals surface area contributed by atoms with Gasteiger partial charge in [0.25, 0.3) is 0 Å². The van der Waals surface area contributed by atoms with Crippen molar-refractivity contribution in [3.63, 3.8) is 0 Å². The van der Waals surface area contributed by atoms with Crippen LogP contribution < -0.4 is 9.64 Å². The van der Waals surface area contributed by atoms with Gasteiger partial charge in [0, 0.05) is 42.6 Å². The zero-order valence-electron chi connectivity index (χ0n) is 20.1. The van der Waals surface area contributed by atoms with Crippen LogP contribution in [-0.2, 0) is 14.3 Å². The molecule has 2 heterocycles. The van der Waals surface area contributed by atoms with Crippen molar-refractivity contribution >= 4 is 17.9 Å². The minimum Gasteiger partial charge on any atom is -0.491 e. The van der Waals surface area contributed by atoms with Crippen molar-refractivity contribution in [2.45, 2.75) is 46.5 Å². The molecule has 1 saturated heterocycles. The summed E-state index contributed by atoms with van der Waals surface area (Å²) in [6.07, 6.45) is 8.33. The lowest BCUT2D eigenvalue weighted by atomic mass is 10.0. The van der Waals surface area contributed by atoms with E-state index >= 15 is 0 Å². The molecule has 0 saturated carbocycles. The van der Waals surface area contributed by atoms with Gasteiger partial charge in [-0.25, -0.2) is 9.78 Å². The van der Waals surface area contributed by atoms with Crippen LogP contribution in [0, 0.1) is 0 Å². The van der Waals surface area contributed by atoms with Gasteiger partial charge in [-0.2, -0.15) is 0 Å². The number of pyridine rings is 1. The van der Waals surface area contributed by atoms with Crippen molar-refractivity contribution in [3.8, 4) is 16.9 Å². The van der Waals surface area contributed by atoms with E-state index in [0.29, 0.717) is 25.4 Å². The lowest BCUT2D eigenvalue weighted by molar-refractivity contribution is -0.138. The fourth-order valence-electron chi connectivity index (χ4n) is 3.78. The third-order valence-corrected chi connectivity index (χ3v) is 5.60. The highest BCUT2D eigenvalue weighted by Crippen LogP contribution is 2.30. The van der Waals surface area contributed by atoms with E-state index in [-0.39, 0.29) is 5.97 Å². The molecular weight excluding hydrogens is 416 g/mol. The molecule has 3 rings (SSSR count). The number of nitrogens with zero attached hydrogens (tertiary/aromatic N) is 2. The molecule has 178 valence electrons. The molecule has 0 radical (unpaired) electrons. The predicted octanol–water partition coefficient (Wildman–Crippen LogP) is 5.51. The molecule has 33 heavy (non-hydrogen) atoms. The maximum atomic E-state index is 12.2. The minimum absolute atomic E-state index is 0.296. The average Bonchev–Trinajstić information content (AvgIpc) is 3.36. The molecule has 1 aromatic heterocycles. The van der Waals surface area contributed by atoms with E-state index in [4.69, 9.17) is 19.2 Å². The SMILES string of the molecule is CCCCOCCOc1ccc(-c2cnc(N3CCCC3)c(/C=C(\C)C(=O)OCC)c2)cc1. The molecular formula is C27H36N2O4. The third kappa shape index (κ3) is 7.32. The number of hydrogen-bond donors (Lipinski definition) is 0. The Hall–Kier alpha value is -2.86. The number of esters is 1. The van der Waals surface area contributed by atoms with Crippen molar-refractivity contribution in [1.29, 1.82) is 0 Å². The van der Waals surface area contributed by atoms with Crippen LogP contribution in [0.4, 0.5) is 5.82 Å². The number of benzene rings is 1. The van der Waals surface area contributed by atoms with Gasteiger partial charge in [-0.05, 0) is 62.9 Å². The van der Waals surface area contributed by atoms with Crippen molar-refractivity contribution in [3.05, 3.63) is 47.7 Å². The Balaban J connectivity index is 1.74. The molecule has 0 bridgehead atoms. The summed E-state index contributed by atoms with van der Waals surface area (Å²) in [7, 11) is 0. The summed E-state index contributed by atoms with van der Waals surface area (Å²) in [4.78, 5) is 19.3. The monoisotopic (exact) mass is 452 g/mol. The van der Waals surface area contributed by atoms with Gasteiger partial charge in [0.05, 0.1) is 13.2 Å². The maximum Gasteiger partial charge on any atom is 0.333 e. The lowest BCUT2D eigenvalue weighted by Gasteiger charge is -2.20. The van der Waals surface area contributed by atoms with Crippen molar-refractivity contribution < 1.29 is 19.0 Å². The van der Waals surface area contributed by atoms with Crippen LogP contribution in [0.1, 0.15) is 52.0 Å². The normalized spacial score (nSPS) is 13.9. The van der Waals surface area contributed by atoms with Crippen LogP contribution in [0.2, 0.25) is 0 Å². The second kappa shape index (κ2) is 13.0. The van der Waals surface area contributed by atoms with Gasteiger partial charge in [-0.15, -0.1) is 0 Å². The smallest absolute Gasteiger partial charge is 0.333 e. The number of aromatic nitrogens is 1. The molecule has 2 aromatic rings. The van der Waals surface area contributed by atoms with E-state index < -0.39 is 0 Å². The Bertz CT molecular complexity index is 918. The summed E-state index contributed by atoms with van der Waals surface area (Å²) in [5.74, 6) is 1.44. The summed E-state index contributed by atoms with van der Waals surface area (Å²) in [6.45, 7) is 10.0. The van der Waals surface area contributed by atoms with E-state index in [0.717, 1.165) is 73.6 Å². The first-order chi connectivity index (χ1) is 16.1. The Morgan fingerprint density at radius 2 is 1.82 bits per heavy atom. The minimum atomic E-state index is -0.296. The number of ether oxygens (including phenoxy) is 3. The summed E-state index contributed by atoms with van der Waals surface area (Å²) < 4.78 is 16.5. The largest absolute Gasteiger partial charge is 0.491 e. The first-order valence-electron chi connectivity index (χ1n) is 12.0. The van der Waals surface area contributed by atoms with Crippen molar-refractivity contribution in [1.82, 2.24) is 4.98 Å². The first kappa shape index (κ1) is 24.8. The molecule has 0 amide bonds. The first-order valence-corrected chi connectivity index (χ1v) is 12.0. The van der Waals surface area contributed by atoms with E-state index in [1.807, 2.05) is 43.5 Å². The second-order valence-electron chi connectivity index (χ2n) is 8.22. The molecule has 0 atom stereocenters. The number of unbranched alkanes of at least 4 members (excludes halogenated alkanes) is 1. The molecule has 1 aliphatic rings.